The van der Waals surface area contributed by atoms with Gasteiger partial charge < -0.3 is 4.90 Å². The molecule has 0 spiro atoms. The molecule has 56 heavy (non-hydrogen) atoms. The second-order valence-electron chi connectivity index (χ2n) is 15.3. The lowest BCUT2D eigenvalue weighted by Crippen LogP contribution is -2.17. The van der Waals surface area contributed by atoms with Gasteiger partial charge in [0.25, 0.3) is 0 Å². The van der Waals surface area contributed by atoms with Crippen molar-refractivity contribution in [2.45, 2.75) is 19.3 Å². The Hall–Kier alpha value is -6.96. The van der Waals surface area contributed by atoms with E-state index in [4.69, 9.17) is 0 Å². The van der Waals surface area contributed by atoms with E-state index in [1.807, 2.05) is 0 Å². The molecule has 0 aromatic heterocycles. The van der Waals surface area contributed by atoms with Crippen LogP contribution in [0.5, 0.6) is 0 Å². The number of fused-ring (bicyclic) bond motifs is 4. The average molecular weight is 716 g/mol. The Labute approximate surface area is 329 Å². The molecule has 1 aliphatic carbocycles. The van der Waals surface area contributed by atoms with Crippen molar-refractivity contribution in [3.8, 4) is 55.6 Å². The fraction of sp³-hybridized carbons (Fsp3) is 0.0545. The molecule has 9 aromatic rings. The Morgan fingerprint density at radius 3 is 1.39 bits per heavy atom. The Morgan fingerprint density at radius 1 is 0.321 bits per heavy atom. The van der Waals surface area contributed by atoms with Gasteiger partial charge in [-0.15, -0.1) is 0 Å². The molecule has 1 heteroatoms. The number of benzene rings is 9. The molecule has 10 rings (SSSR count). The molecule has 1 nitrogen and oxygen atoms in total. The first-order valence-corrected chi connectivity index (χ1v) is 19.5. The van der Waals surface area contributed by atoms with E-state index >= 15 is 0 Å². The summed E-state index contributed by atoms with van der Waals surface area (Å²) in [5.74, 6) is 0. The van der Waals surface area contributed by atoms with Crippen LogP contribution in [0.1, 0.15) is 25.0 Å². The summed E-state index contributed by atoms with van der Waals surface area (Å²) >= 11 is 0. The topological polar surface area (TPSA) is 3.24 Å². The Kier molecular flexibility index (Phi) is 8.23. The van der Waals surface area contributed by atoms with Crippen LogP contribution in [0.3, 0.4) is 0 Å². The first-order chi connectivity index (χ1) is 27.6. The molecular weight excluding hydrogens is 675 g/mol. The van der Waals surface area contributed by atoms with Crippen molar-refractivity contribution >= 4 is 27.8 Å². The molecule has 0 fully saturated rings. The predicted octanol–water partition coefficient (Wildman–Crippen LogP) is 15.3. The molecular formula is C55H41N. The lowest BCUT2D eigenvalue weighted by molar-refractivity contribution is 0.662. The van der Waals surface area contributed by atoms with Gasteiger partial charge in [0.2, 0.25) is 0 Å². The van der Waals surface area contributed by atoms with Gasteiger partial charge in [-0.3, -0.25) is 0 Å². The molecule has 0 N–H and O–H groups in total. The number of hydrogen-bond acceptors (Lipinski definition) is 1. The molecule has 0 atom stereocenters. The maximum absolute atomic E-state index is 2.44. The van der Waals surface area contributed by atoms with Crippen LogP contribution in [0.4, 0.5) is 17.1 Å². The molecule has 0 saturated carbocycles. The quantitative estimate of drug-likeness (QED) is 0.159. The minimum Gasteiger partial charge on any atom is -0.310 e. The molecule has 0 aliphatic heterocycles. The van der Waals surface area contributed by atoms with Gasteiger partial charge >= 0.3 is 0 Å². The number of anilines is 3. The Balaban J connectivity index is 1.12. The highest BCUT2D eigenvalue weighted by molar-refractivity contribution is 6.05. The van der Waals surface area contributed by atoms with Crippen LogP contribution in [-0.4, -0.2) is 0 Å². The van der Waals surface area contributed by atoms with Crippen molar-refractivity contribution in [3.63, 3.8) is 0 Å². The third kappa shape index (κ3) is 5.63. The Bertz CT molecular complexity index is 2850. The van der Waals surface area contributed by atoms with Gasteiger partial charge in [0, 0.05) is 22.4 Å². The van der Waals surface area contributed by atoms with Gasteiger partial charge in [-0.05, 0) is 102 Å². The summed E-state index contributed by atoms with van der Waals surface area (Å²) in [5, 5.41) is 2.51. The first-order valence-electron chi connectivity index (χ1n) is 19.5. The molecule has 0 saturated heterocycles. The Morgan fingerprint density at radius 2 is 0.768 bits per heavy atom. The van der Waals surface area contributed by atoms with Crippen LogP contribution in [0, 0.1) is 0 Å². The smallest absolute Gasteiger partial charge is 0.0540 e. The average Bonchev–Trinajstić information content (AvgIpc) is 3.50. The highest BCUT2D eigenvalue weighted by Crippen LogP contribution is 2.54. The fourth-order valence-electron chi connectivity index (χ4n) is 9.03. The van der Waals surface area contributed by atoms with E-state index in [9.17, 15) is 0 Å². The maximum Gasteiger partial charge on any atom is 0.0540 e. The molecule has 0 bridgehead atoms. The highest BCUT2D eigenvalue weighted by Gasteiger charge is 2.38. The summed E-state index contributed by atoms with van der Waals surface area (Å²) in [6.45, 7) is 4.77. The van der Waals surface area contributed by atoms with Crippen molar-refractivity contribution in [2.75, 3.05) is 4.90 Å². The van der Waals surface area contributed by atoms with Crippen LogP contribution < -0.4 is 4.90 Å². The van der Waals surface area contributed by atoms with Crippen LogP contribution in [-0.2, 0) is 5.41 Å². The third-order valence-electron chi connectivity index (χ3n) is 11.7. The number of para-hydroxylation sites is 1. The van der Waals surface area contributed by atoms with Crippen molar-refractivity contribution in [2.24, 2.45) is 0 Å². The van der Waals surface area contributed by atoms with Crippen molar-refractivity contribution < 1.29 is 0 Å². The minimum atomic E-state index is -0.200. The van der Waals surface area contributed by atoms with E-state index < -0.39 is 0 Å². The molecule has 9 aromatic carbocycles. The molecule has 0 radical (unpaired) electrons. The fourth-order valence-corrected chi connectivity index (χ4v) is 9.03. The zero-order valence-electron chi connectivity index (χ0n) is 31.7. The van der Waals surface area contributed by atoms with Gasteiger partial charge in [-0.2, -0.15) is 0 Å². The number of nitrogens with zero attached hydrogens (tertiary/aromatic N) is 1. The number of rotatable bonds is 7. The summed E-state index contributed by atoms with van der Waals surface area (Å²) in [7, 11) is 0. The molecule has 1 aliphatic rings. The van der Waals surface area contributed by atoms with Crippen LogP contribution >= 0.6 is 0 Å². The summed E-state index contributed by atoms with van der Waals surface area (Å²) in [4.78, 5) is 2.44. The van der Waals surface area contributed by atoms with E-state index in [1.165, 1.54) is 77.5 Å². The van der Waals surface area contributed by atoms with Gasteiger partial charge in [0.1, 0.15) is 0 Å². The van der Waals surface area contributed by atoms with Crippen LogP contribution in [0.15, 0.2) is 212 Å². The zero-order valence-corrected chi connectivity index (χ0v) is 31.7. The van der Waals surface area contributed by atoms with E-state index in [2.05, 4.69) is 231 Å². The standard InChI is InChI=1S/C55H41N/c1-55(2)52-37-43(33-34-50(52)51-27-16-26-47(54(51)55)40-21-10-5-11-22-40)56(53-28-15-14-23-46(53)39-19-8-4-9-20-39)42-31-29-41(30-32-42)45-36-35-44(38-17-6-3-7-18-38)48-24-12-13-25-49(45)48/h3-37H,1-2H3. The van der Waals surface area contributed by atoms with E-state index in [0.29, 0.717) is 0 Å². The maximum atomic E-state index is 2.44. The second kappa shape index (κ2) is 13.7. The summed E-state index contributed by atoms with van der Waals surface area (Å²) < 4.78 is 0. The lowest BCUT2D eigenvalue weighted by atomic mass is 9.78. The number of hydrogen-bond donors (Lipinski definition) is 0. The van der Waals surface area contributed by atoms with E-state index in [0.717, 1.165) is 17.1 Å². The lowest BCUT2D eigenvalue weighted by Gasteiger charge is -2.30. The minimum absolute atomic E-state index is 0.200. The largest absolute Gasteiger partial charge is 0.310 e. The van der Waals surface area contributed by atoms with Crippen LogP contribution in [0.2, 0.25) is 0 Å². The van der Waals surface area contributed by atoms with Crippen molar-refractivity contribution in [3.05, 3.63) is 223 Å². The molecule has 0 amide bonds. The molecule has 266 valence electrons. The van der Waals surface area contributed by atoms with Gasteiger partial charge in [-0.25, -0.2) is 0 Å². The SMILES string of the molecule is CC1(C)c2cc(N(c3ccc(-c4ccc(-c5ccccc5)c5ccccc45)cc3)c3ccccc3-c3ccccc3)ccc2-c2cccc(-c3ccccc3)c21. The van der Waals surface area contributed by atoms with Crippen molar-refractivity contribution in [1.29, 1.82) is 0 Å². The van der Waals surface area contributed by atoms with E-state index in [1.54, 1.807) is 0 Å². The monoisotopic (exact) mass is 715 g/mol. The van der Waals surface area contributed by atoms with Gasteiger partial charge in [-0.1, -0.05) is 196 Å². The third-order valence-corrected chi connectivity index (χ3v) is 11.7. The molecule has 0 heterocycles. The van der Waals surface area contributed by atoms with Crippen molar-refractivity contribution in [1.82, 2.24) is 0 Å². The van der Waals surface area contributed by atoms with Gasteiger partial charge in [0.15, 0.2) is 0 Å². The van der Waals surface area contributed by atoms with Gasteiger partial charge in [0.05, 0.1) is 5.69 Å². The van der Waals surface area contributed by atoms with E-state index in [-0.39, 0.29) is 5.41 Å². The first kappa shape index (κ1) is 33.6. The summed E-state index contributed by atoms with van der Waals surface area (Å²) in [6.07, 6.45) is 0. The zero-order chi connectivity index (χ0) is 37.6. The molecule has 0 unspecified atom stereocenters. The normalized spacial score (nSPS) is 12.6. The van der Waals surface area contributed by atoms with Crippen LogP contribution in [0.25, 0.3) is 66.4 Å². The summed E-state index contributed by atoms with van der Waals surface area (Å²) in [5.41, 5.74) is 18.4. The second-order valence-corrected chi connectivity index (χ2v) is 15.3. The highest BCUT2D eigenvalue weighted by atomic mass is 15.1. The predicted molar refractivity (Wildman–Crippen MR) is 238 cm³/mol. The summed E-state index contributed by atoms with van der Waals surface area (Å²) in [6, 6.07) is 77.4.